The van der Waals surface area contributed by atoms with Gasteiger partial charge < -0.3 is 0 Å². The van der Waals surface area contributed by atoms with Crippen molar-refractivity contribution in [1.29, 1.82) is 0 Å². The first kappa shape index (κ1) is 14.7. The molecule has 0 saturated carbocycles. The molecule has 3 nitrogen and oxygen atoms in total. The number of rotatable bonds is 4. The quantitative estimate of drug-likeness (QED) is 0.487. The van der Waals surface area contributed by atoms with Crippen molar-refractivity contribution in [3.8, 4) is 0 Å². The van der Waals surface area contributed by atoms with Crippen molar-refractivity contribution in [2.45, 2.75) is 38.1 Å². The topological polar surface area (TPSA) is 42.9 Å². The van der Waals surface area contributed by atoms with E-state index in [2.05, 4.69) is 23.0 Å². The van der Waals surface area contributed by atoms with E-state index in [0.717, 1.165) is 16.7 Å². The third-order valence-corrected chi connectivity index (χ3v) is 4.29. The Hall–Kier alpha value is -1.68. The maximum Gasteiger partial charge on any atom is 0.188 e. The minimum absolute atomic E-state index is 0.128. The van der Waals surface area contributed by atoms with Crippen LogP contribution in [0.25, 0.3) is 0 Å². The summed E-state index contributed by atoms with van der Waals surface area (Å²) < 4.78 is 0. The zero-order chi connectivity index (χ0) is 14.7. The summed E-state index contributed by atoms with van der Waals surface area (Å²) in [5.41, 5.74) is 4.18. The summed E-state index contributed by atoms with van der Waals surface area (Å²) >= 11 is 1.39. The molecule has 0 bridgehead atoms. The Morgan fingerprint density at radius 3 is 2.30 bits per heavy atom. The van der Waals surface area contributed by atoms with Crippen LogP contribution in [0.2, 0.25) is 0 Å². The number of benzene rings is 1. The summed E-state index contributed by atoms with van der Waals surface area (Å²) in [5.74, 6) is 0.128. The second-order valence-corrected chi connectivity index (χ2v) is 6.22. The van der Waals surface area contributed by atoms with Crippen LogP contribution in [0.3, 0.4) is 0 Å². The second kappa shape index (κ2) is 6.18. The predicted octanol–water partition coefficient (Wildman–Crippen LogP) is 3.77. The van der Waals surface area contributed by atoms with Crippen LogP contribution >= 0.6 is 11.8 Å². The van der Waals surface area contributed by atoms with Crippen LogP contribution in [0, 0.1) is 20.8 Å². The zero-order valence-electron chi connectivity index (χ0n) is 12.2. The van der Waals surface area contributed by atoms with Crippen LogP contribution in [-0.2, 0) is 0 Å². The third-order valence-electron chi connectivity index (χ3n) is 3.30. The molecule has 2 rings (SSSR count). The summed E-state index contributed by atoms with van der Waals surface area (Å²) in [7, 11) is 0. The first-order valence-electron chi connectivity index (χ1n) is 6.54. The minimum atomic E-state index is -0.196. The van der Waals surface area contributed by atoms with Crippen LogP contribution < -0.4 is 0 Å². The fraction of sp³-hybridized carbons (Fsp3) is 0.312. The van der Waals surface area contributed by atoms with Gasteiger partial charge in [-0.1, -0.05) is 17.8 Å². The SMILES string of the molecule is Cc1cc(C)c(C(=O)C(C)Sc2ncccn2)cc1C. The molecule has 0 aliphatic heterocycles. The molecule has 1 unspecified atom stereocenters. The number of hydrogen-bond acceptors (Lipinski definition) is 4. The molecule has 2 aromatic rings. The lowest BCUT2D eigenvalue weighted by molar-refractivity contribution is 0.0993. The molecular formula is C16H18N2OS. The molecule has 1 aromatic carbocycles. The molecule has 0 N–H and O–H groups in total. The Morgan fingerprint density at radius 1 is 1.05 bits per heavy atom. The number of carbonyl (C=O) groups is 1. The largest absolute Gasteiger partial charge is 0.293 e. The molecule has 0 aliphatic carbocycles. The van der Waals surface area contributed by atoms with Gasteiger partial charge in [0.2, 0.25) is 0 Å². The Balaban J connectivity index is 2.21. The fourth-order valence-electron chi connectivity index (χ4n) is 2.00. The van der Waals surface area contributed by atoms with Gasteiger partial charge >= 0.3 is 0 Å². The van der Waals surface area contributed by atoms with Gasteiger partial charge in [-0.3, -0.25) is 4.79 Å². The smallest absolute Gasteiger partial charge is 0.188 e. The molecule has 1 atom stereocenters. The van der Waals surface area contributed by atoms with Crippen molar-refractivity contribution in [2.75, 3.05) is 0 Å². The highest BCUT2D eigenvalue weighted by atomic mass is 32.2. The maximum atomic E-state index is 12.6. The molecular weight excluding hydrogens is 268 g/mol. The van der Waals surface area contributed by atoms with Gasteiger partial charge in [-0.05, 0) is 56.5 Å². The van der Waals surface area contributed by atoms with Crippen molar-refractivity contribution in [2.24, 2.45) is 0 Å². The highest BCUT2D eigenvalue weighted by Gasteiger charge is 2.19. The van der Waals surface area contributed by atoms with Crippen molar-refractivity contribution in [3.63, 3.8) is 0 Å². The monoisotopic (exact) mass is 286 g/mol. The van der Waals surface area contributed by atoms with E-state index in [1.807, 2.05) is 26.8 Å². The van der Waals surface area contributed by atoms with Gasteiger partial charge in [-0.15, -0.1) is 0 Å². The van der Waals surface area contributed by atoms with Gasteiger partial charge in [0.15, 0.2) is 10.9 Å². The van der Waals surface area contributed by atoms with Gasteiger partial charge in [0.25, 0.3) is 0 Å². The summed E-state index contributed by atoms with van der Waals surface area (Å²) in [6, 6.07) is 5.82. The van der Waals surface area contributed by atoms with Gasteiger partial charge in [0.05, 0.1) is 5.25 Å². The predicted molar refractivity (Wildman–Crippen MR) is 82.3 cm³/mol. The fourth-order valence-corrected chi connectivity index (χ4v) is 2.80. The highest BCUT2D eigenvalue weighted by molar-refractivity contribution is 8.00. The van der Waals surface area contributed by atoms with Crippen LogP contribution in [0.1, 0.15) is 34.0 Å². The van der Waals surface area contributed by atoms with E-state index in [0.29, 0.717) is 5.16 Å². The third kappa shape index (κ3) is 3.25. The molecule has 1 heterocycles. The van der Waals surface area contributed by atoms with Crippen LogP contribution in [-0.4, -0.2) is 21.0 Å². The van der Waals surface area contributed by atoms with Gasteiger partial charge in [0.1, 0.15) is 0 Å². The first-order valence-corrected chi connectivity index (χ1v) is 7.42. The van der Waals surface area contributed by atoms with Crippen molar-refractivity contribution in [3.05, 3.63) is 52.8 Å². The Morgan fingerprint density at radius 2 is 1.65 bits per heavy atom. The van der Waals surface area contributed by atoms with Gasteiger partial charge in [0, 0.05) is 18.0 Å². The Labute approximate surface area is 123 Å². The number of nitrogens with zero attached hydrogens (tertiary/aromatic N) is 2. The number of Topliss-reactive ketones (excluding diaryl/α,β-unsaturated/α-hetero) is 1. The molecule has 0 aliphatic rings. The molecule has 0 fully saturated rings. The van der Waals surface area contributed by atoms with Gasteiger partial charge in [-0.25, -0.2) is 9.97 Å². The molecule has 104 valence electrons. The molecule has 0 amide bonds. The highest BCUT2D eigenvalue weighted by Crippen LogP contribution is 2.24. The lowest BCUT2D eigenvalue weighted by Crippen LogP contribution is -2.15. The summed E-state index contributed by atoms with van der Waals surface area (Å²) in [6.45, 7) is 7.98. The number of aryl methyl sites for hydroxylation is 3. The van der Waals surface area contributed by atoms with E-state index in [4.69, 9.17) is 0 Å². The number of thioether (sulfide) groups is 1. The number of carbonyl (C=O) groups excluding carboxylic acids is 1. The average Bonchev–Trinajstić information content (AvgIpc) is 2.43. The van der Waals surface area contributed by atoms with Crippen molar-refractivity contribution >= 4 is 17.5 Å². The van der Waals surface area contributed by atoms with E-state index in [1.165, 1.54) is 17.3 Å². The first-order chi connectivity index (χ1) is 9.49. The molecule has 1 aromatic heterocycles. The summed E-state index contributed by atoms with van der Waals surface area (Å²) in [6.07, 6.45) is 3.38. The van der Waals surface area contributed by atoms with Gasteiger partial charge in [-0.2, -0.15) is 0 Å². The standard InChI is InChI=1S/C16H18N2OS/c1-10-8-12(3)14(9-11(10)2)15(19)13(4)20-16-17-6-5-7-18-16/h5-9,13H,1-4H3. The average molecular weight is 286 g/mol. The van der Waals surface area contributed by atoms with E-state index in [-0.39, 0.29) is 11.0 Å². The second-order valence-electron chi connectivity index (χ2n) is 4.91. The minimum Gasteiger partial charge on any atom is -0.293 e. The van der Waals surface area contributed by atoms with E-state index in [9.17, 15) is 4.79 Å². The summed E-state index contributed by atoms with van der Waals surface area (Å²) in [5, 5.41) is 0.438. The summed E-state index contributed by atoms with van der Waals surface area (Å²) in [4.78, 5) is 20.9. The maximum absolute atomic E-state index is 12.6. The molecule has 4 heteroatoms. The van der Waals surface area contributed by atoms with Crippen LogP contribution in [0.4, 0.5) is 0 Å². The zero-order valence-corrected chi connectivity index (χ0v) is 13.0. The van der Waals surface area contributed by atoms with Crippen molar-refractivity contribution in [1.82, 2.24) is 9.97 Å². The number of ketones is 1. The van der Waals surface area contributed by atoms with Crippen LogP contribution in [0.5, 0.6) is 0 Å². The molecule has 0 saturated heterocycles. The van der Waals surface area contributed by atoms with E-state index >= 15 is 0 Å². The number of hydrogen-bond donors (Lipinski definition) is 0. The van der Waals surface area contributed by atoms with Crippen molar-refractivity contribution < 1.29 is 4.79 Å². The Bertz CT molecular complexity index is 626. The molecule has 20 heavy (non-hydrogen) atoms. The normalized spacial score (nSPS) is 12.2. The Kier molecular flexibility index (Phi) is 4.55. The molecule has 0 spiro atoms. The van der Waals surface area contributed by atoms with Crippen LogP contribution in [0.15, 0.2) is 35.7 Å². The van der Waals surface area contributed by atoms with E-state index in [1.54, 1.807) is 18.5 Å². The lowest BCUT2D eigenvalue weighted by Gasteiger charge is -2.13. The molecule has 0 radical (unpaired) electrons. The van der Waals surface area contributed by atoms with E-state index < -0.39 is 0 Å². The lowest BCUT2D eigenvalue weighted by atomic mass is 9.97. The number of aromatic nitrogens is 2.